The largest absolute Gasteiger partial charge is 0.507 e. The number of nitrogens with zero attached hydrogens (tertiary/aromatic N) is 5. The van der Waals surface area contributed by atoms with Crippen molar-refractivity contribution in [2.75, 3.05) is 13.2 Å². The van der Waals surface area contributed by atoms with E-state index in [9.17, 15) is 9.90 Å². The molecule has 0 aliphatic heterocycles. The lowest BCUT2D eigenvalue weighted by atomic mass is 9.89. The predicted molar refractivity (Wildman–Crippen MR) is 143 cm³/mol. The second-order valence-electron chi connectivity index (χ2n) is 10.7. The number of hydrogen-bond donors (Lipinski definition) is 2. The highest BCUT2D eigenvalue weighted by Gasteiger charge is 2.17. The topological polar surface area (TPSA) is 124 Å². The van der Waals surface area contributed by atoms with Gasteiger partial charge in [0.05, 0.1) is 0 Å². The normalized spacial score (nSPS) is 14.5. The van der Waals surface area contributed by atoms with E-state index in [1.165, 1.54) is 30.1 Å². The molecule has 0 unspecified atom stereocenters. The molecule has 0 radical (unpaired) electrons. The first-order valence-electron chi connectivity index (χ1n) is 12.9. The smallest absolute Gasteiger partial charge is 0.412 e. The van der Waals surface area contributed by atoms with Gasteiger partial charge in [-0.3, -0.25) is 4.98 Å². The van der Waals surface area contributed by atoms with Crippen molar-refractivity contribution in [1.82, 2.24) is 30.5 Å². The summed E-state index contributed by atoms with van der Waals surface area (Å²) in [6, 6.07) is 7.55. The zero-order chi connectivity index (χ0) is 26.3. The molecule has 0 bridgehead atoms. The van der Waals surface area contributed by atoms with Crippen molar-refractivity contribution in [1.29, 1.82) is 0 Å². The molecule has 2 aromatic heterocycles. The summed E-state index contributed by atoms with van der Waals surface area (Å²) in [7, 11) is -1.16. The molecule has 2 heterocycles. The van der Waals surface area contributed by atoms with E-state index in [1.54, 1.807) is 24.5 Å². The Morgan fingerprint density at radius 1 is 1.14 bits per heavy atom. The summed E-state index contributed by atoms with van der Waals surface area (Å²) in [5, 5.41) is 25.9. The Kier molecular flexibility index (Phi) is 8.88. The molecule has 11 heteroatoms. The standard InChI is InChI=1S/C26H36N6O4Si/c1-37(2,3)12-11-35-18-32-30-25(29-31-32)21-13-20(16-27-17-21)23-14-22(9-10-24(23)33)36-26(34)28-15-19-7-5-4-6-8-19/h9-10,13-14,16-17,19,33H,4-8,11-12,15,18H2,1-3H3,(H,28,34). The van der Waals surface area contributed by atoms with Crippen molar-refractivity contribution in [3.63, 3.8) is 0 Å². The van der Waals surface area contributed by atoms with Crippen molar-refractivity contribution < 1.29 is 19.4 Å². The maximum Gasteiger partial charge on any atom is 0.412 e. The summed E-state index contributed by atoms with van der Waals surface area (Å²) in [6.07, 6.45) is 8.74. The van der Waals surface area contributed by atoms with E-state index in [0.717, 1.165) is 18.9 Å². The van der Waals surface area contributed by atoms with Crippen LogP contribution in [0.25, 0.3) is 22.5 Å². The van der Waals surface area contributed by atoms with Gasteiger partial charge >= 0.3 is 6.09 Å². The molecular weight excluding hydrogens is 488 g/mol. The summed E-state index contributed by atoms with van der Waals surface area (Å²) in [5.74, 6) is 1.28. The van der Waals surface area contributed by atoms with E-state index in [4.69, 9.17) is 9.47 Å². The molecule has 1 aromatic carbocycles. The minimum atomic E-state index is -1.16. The second kappa shape index (κ2) is 12.3. The number of nitrogens with one attached hydrogen (secondary N) is 1. The predicted octanol–water partition coefficient (Wildman–Crippen LogP) is 5.09. The Morgan fingerprint density at radius 2 is 1.92 bits per heavy atom. The van der Waals surface area contributed by atoms with Gasteiger partial charge in [-0.05, 0) is 54.3 Å². The third-order valence-electron chi connectivity index (χ3n) is 6.40. The number of phenolic OH excluding ortho intramolecular Hbond substituents is 1. The molecule has 0 spiro atoms. The highest BCUT2D eigenvalue weighted by molar-refractivity contribution is 6.76. The molecule has 10 nitrogen and oxygen atoms in total. The zero-order valence-electron chi connectivity index (χ0n) is 21.8. The highest BCUT2D eigenvalue weighted by Crippen LogP contribution is 2.34. The summed E-state index contributed by atoms with van der Waals surface area (Å²) in [6.45, 7) is 8.42. The second-order valence-corrected chi connectivity index (χ2v) is 16.4. The summed E-state index contributed by atoms with van der Waals surface area (Å²) in [5.41, 5.74) is 1.75. The number of amides is 1. The molecule has 0 atom stereocenters. The Hall–Kier alpha value is -3.31. The number of phenols is 1. The Balaban J connectivity index is 1.39. The SMILES string of the molecule is C[Si](C)(C)CCOCn1nnc(-c2cncc(-c3cc(OC(=O)NCC4CCCCC4)ccc3O)c2)n1. The first-order chi connectivity index (χ1) is 17.8. The lowest BCUT2D eigenvalue weighted by Gasteiger charge is -2.21. The number of carbonyl (C=O) groups is 1. The van der Waals surface area contributed by atoms with Gasteiger partial charge in [0.15, 0.2) is 6.73 Å². The summed E-state index contributed by atoms with van der Waals surface area (Å²) in [4.78, 5) is 18.0. The molecule has 1 fully saturated rings. The van der Waals surface area contributed by atoms with Crippen LogP contribution in [0.2, 0.25) is 25.7 Å². The molecule has 37 heavy (non-hydrogen) atoms. The zero-order valence-corrected chi connectivity index (χ0v) is 22.8. The van der Waals surface area contributed by atoms with Crippen LogP contribution in [0.5, 0.6) is 11.5 Å². The Labute approximate surface area is 218 Å². The van der Waals surface area contributed by atoms with Crippen molar-refractivity contribution >= 4 is 14.2 Å². The molecule has 1 saturated carbocycles. The highest BCUT2D eigenvalue weighted by atomic mass is 28.3. The van der Waals surface area contributed by atoms with Gasteiger partial charge in [0.25, 0.3) is 0 Å². The maximum absolute atomic E-state index is 12.3. The number of tetrazole rings is 1. The molecule has 1 aliphatic rings. The van der Waals surface area contributed by atoms with Gasteiger partial charge in [0.1, 0.15) is 11.5 Å². The Morgan fingerprint density at radius 3 is 2.70 bits per heavy atom. The number of carbonyl (C=O) groups excluding carboxylic acids is 1. The molecule has 1 aliphatic carbocycles. The molecule has 2 N–H and O–H groups in total. The fraction of sp³-hybridized carbons (Fsp3) is 0.500. The van der Waals surface area contributed by atoms with Crippen LogP contribution in [-0.4, -0.2) is 57.6 Å². The van der Waals surface area contributed by atoms with E-state index in [-0.39, 0.29) is 12.5 Å². The van der Waals surface area contributed by atoms with Crippen LogP contribution in [0.1, 0.15) is 32.1 Å². The fourth-order valence-electron chi connectivity index (χ4n) is 4.22. The molecule has 198 valence electrons. The van der Waals surface area contributed by atoms with Gasteiger partial charge in [0.2, 0.25) is 5.82 Å². The minimum Gasteiger partial charge on any atom is -0.507 e. The van der Waals surface area contributed by atoms with Crippen LogP contribution in [0.3, 0.4) is 0 Å². The first kappa shape index (κ1) is 26.7. The quantitative estimate of drug-likeness (QED) is 0.278. The summed E-state index contributed by atoms with van der Waals surface area (Å²) < 4.78 is 11.2. The van der Waals surface area contributed by atoms with Crippen LogP contribution in [0, 0.1) is 5.92 Å². The van der Waals surface area contributed by atoms with Crippen LogP contribution in [0.15, 0.2) is 36.7 Å². The van der Waals surface area contributed by atoms with Crippen LogP contribution < -0.4 is 10.1 Å². The minimum absolute atomic E-state index is 0.0429. The molecule has 4 rings (SSSR count). The lowest BCUT2D eigenvalue weighted by Crippen LogP contribution is -2.32. The molecule has 3 aromatic rings. The third-order valence-corrected chi connectivity index (χ3v) is 8.11. The lowest BCUT2D eigenvalue weighted by molar-refractivity contribution is 0.0674. The number of benzene rings is 1. The number of ether oxygens (including phenoxy) is 2. The molecule has 0 saturated heterocycles. The van der Waals surface area contributed by atoms with Crippen molar-refractivity contribution in [2.45, 2.75) is 64.5 Å². The first-order valence-corrected chi connectivity index (χ1v) is 16.6. The van der Waals surface area contributed by atoms with E-state index < -0.39 is 14.2 Å². The van der Waals surface area contributed by atoms with Crippen LogP contribution in [-0.2, 0) is 11.5 Å². The molecular formula is C26H36N6O4Si. The number of rotatable bonds is 10. The van der Waals surface area contributed by atoms with Gasteiger partial charge in [-0.15, -0.1) is 15.0 Å². The number of hydrogen-bond acceptors (Lipinski definition) is 8. The number of aromatic hydroxyl groups is 1. The van der Waals surface area contributed by atoms with Crippen LogP contribution >= 0.6 is 0 Å². The maximum atomic E-state index is 12.3. The van der Waals surface area contributed by atoms with Gasteiger partial charge < -0.3 is 19.9 Å². The van der Waals surface area contributed by atoms with Gasteiger partial charge in [-0.2, -0.15) is 0 Å². The van der Waals surface area contributed by atoms with Gasteiger partial charge in [0, 0.05) is 50.3 Å². The van der Waals surface area contributed by atoms with Crippen molar-refractivity contribution in [3.8, 4) is 34.0 Å². The van der Waals surface area contributed by atoms with E-state index in [1.807, 2.05) is 6.07 Å². The van der Waals surface area contributed by atoms with Crippen molar-refractivity contribution in [3.05, 3.63) is 36.7 Å². The third kappa shape index (κ3) is 8.09. The van der Waals surface area contributed by atoms with Crippen molar-refractivity contribution in [2.24, 2.45) is 5.92 Å². The molecule has 1 amide bonds. The van der Waals surface area contributed by atoms with Gasteiger partial charge in [-0.1, -0.05) is 38.9 Å². The average molecular weight is 525 g/mol. The number of aromatic nitrogens is 5. The Bertz CT molecular complexity index is 1190. The number of pyridine rings is 1. The van der Waals surface area contributed by atoms with Gasteiger partial charge in [-0.25, -0.2) is 4.79 Å². The fourth-order valence-corrected chi connectivity index (χ4v) is 4.98. The summed E-state index contributed by atoms with van der Waals surface area (Å²) >= 11 is 0. The average Bonchev–Trinajstić information content (AvgIpc) is 3.36. The van der Waals surface area contributed by atoms with Crippen LogP contribution in [0.4, 0.5) is 4.79 Å². The van der Waals surface area contributed by atoms with E-state index in [2.05, 4.69) is 45.4 Å². The van der Waals surface area contributed by atoms with E-state index >= 15 is 0 Å². The monoisotopic (exact) mass is 524 g/mol. The van der Waals surface area contributed by atoms with E-state index in [0.29, 0.717) is 47.3 Å².